The van der Waals surface area contributed by atoms with E-state index in [4.69, 9.17) is 10.5 Å². The molecular weight excluding hydrogens is 407 g/mol. The van der Waals surface area contributed by atoms with Crippen molar-refractivity contribution >= 4 is 29.9 Å². The number of rotatable bonds is 4. The lowest BCUT2D eigenvalue weighted by atomic mass is 10.0. The standard InChI is InChI=1S/C15H20N6O.HI/c1-2-21-14(18-10-19-21)9-17-15(16)20-12-7-8-22-13-6-4-3-5-11(12)13;/h3-6,10,12H,2,7-9H2,1H3,(H3,16,17,20);1H. The van der Waals surface area contributed by atoms with E-state index >= 15 is 0 Å². The molecule has 1 atom stereocenters. The van der Waals surface area contributed by atoms with Crippen LogP contribution in [0.5, 0.6) is 5.75 Å². The first kappa shape index (κ1) is 17.5. The maximum atomic E-state index is 6.01. The van der Waals surface area contributed by atoms with Crippen molar-refractivity contribution in [1.29, 1.82) is 0 Å². The zero-order valence-electron chi connectivity index (χ0n) is 13.0. The Bertz CT molecular complexity index is 671. The lowest BCUT2D eigenvalue weighted by molar-refractivity contribution is 0.262. The Hall–Kier alpha value is -1.84. The van der Waals surface area contributed by atoms with E-state index < -0.39 is 0 Å². The first-order chi connectivity index (χ1) is 10.8. The maximum absolute atomic E-state index is 6.01. The summed E-state index contributed by atoms with van der Waals surface area (Å²) in [6, 6.07) is 8.11. The lowest BCUT2D eigenvalue weighted by Crippen LogP contribution is -2.37. The molecule has 1 aliphatic rings. The molecule has 1 unspecified atom stereocenters. The average molecular weight is 428 g/mol. The average Bonchev–Trinajstić information content (AvgIpc) is 3.01. The second kappa shape index (κ2) is 8.14. The number of para-hydroxylation sites is 1. The first-order valence-corrected chi connectivity index (χ1v) is 7.42. The van der Waals surface area contributed by atoms with Gasteiger partial charge in [0.15, 0.2) is 5.96 Å². The summed E-state index contributed by atoms with van der Waals surface area (Å²) in [5.41, 5.74) is 7.12. The van der Waals surface area contributed by atoms with E-state index in [1.54, 1.807) is 4.68 Å². The fourth-order valence-corrected chi connectivity index (χ4v) is 2.55. The van der Waals surface area contributed by atoms with E-state index in [2.05, 4.69) is 20.4 Å². The number of aromatic nitrogens is 3. The molecular formula is C15H21IN6O. The van der Waals surface area contributed by atoms with Crippen LogP contribution in [0.15, 0.2) is 35.6 Å². The van der Waals surface area contributed by atoms with Gasteiger partial charge >= 0.3 is 0 Å². The number of nitrogens with zero attached hydrogens (tertiary/aromatic N) is 4. The topological polar surface area (TPSA) is 90.4 Å². The molecule has 1 aliphatic heterocycles. The van der Waals surface area contributed by atoms with Crippen LogP contribution in [0.4, 0.5) is 0 Å². The zero-order valence-corrected chi connectivity index (χ0v) is 15.3. The second-order valence-electron chi connectivity index (χ2n) is 5.07. The van der Waals surface area contributed by atoms with E-state index in [0.717, 1.165) is 30.1 Å². The minimum atomic E-state index is 0. The van der Waals surface area contributed by atoms with Gasteiger partial charge in [-0.3, -0.25) is 0 Å². The molecule has 2 heterocycles. The zero-order chi connectivity index (χ0) is 15.4. The largest absolute Gasteiger partial charge is 0.493 e. The number of benzene rings is 1. The normalized spacial score (nSPS) is 16.9. The number of guanidine groups is 1. The second-order valence-corrected chi connectivity index (χ2v) is 5.07. The number of aliphatic imine (C=N–C) groups is 1. The van der Waals surface area contributed by atoms with E-state index in [0.29, 0.717) is 19.1 Å². The molecule has 124 valence electrons. The summed E-state index contributed by atoms with van der Waals surface area (Å²) in [6.07, 6.45) is 2.39. The quantitative estimate of drug-likeness (QED) is 0.441. The van der Waals surface area contributed by atoms with Crippen LogP contribution in [-0.2, 0) is 13.1 Å². The minimum absolute atomic E-state index is 0. The van der Waals surface area contributed by atoms with Crippen molar-refractivity contribution < 1.29 is 4.74 Å². The van der Waals surface area contributed by atoms with Gasteiger partial charge in [-0.15, -0.1) is 24.0 Å². The monoisotopic (exact) mass is 428 g/mol. The number of hydrogen-bond donors (Lipinski definition) is 2. The lowest BCUT2D eigenvalue weighted by Gasteiger charge is -2.26. The molecule has 0 fully saturated rings. The molecule has 2 aromatic rings. The van der Waals surface area contributed by atoms with E-state index in [1.807, 2.05) is 31.2 Å². The third-order valence-electron chi connectivity index (χ3n) is 3.67. The van der Waals surface area contributed by atoms with Crippen LogP contribution in [0.25, 0.3) is 0 Å². The van der Waals surface area contributed by atoms with Crippen LogP contribution in [0.3, 0.4) is 0 Å². The fourth-order valence-electron chi connectivity index (χ4n) is 2.55. The molecule has 0 saturated carbocycles. The SMILES string of the molecule is CCn1ncnc1CN=C(N)NC1CCOc2ccccc21.I. The van der Waals surface area contributed by atoms with E-state index in [1.165, 1.54) is 6.33 Å². The number of fused-ring (bicyclic) bond motifs is 1. The van der Waals surface area contributed by atoms with Crippen LogP contribution in [0.1, 0.15) is 30.8 Å². The Balaban J connectivity index is 0.00000192. The van der Waals surface area contributed by atoms with Gasteiger partial charge in [0, 0.05) is 18.5 Å². The molecule has 23 heavy (non-hydrogen) atoms. The Labute approximate surface area is 152 Å². The molecule has 8 heteroatoms. The Morgan fingerprint density at radius 3 is 3.13 bits per heavy atom. The molecule has 0 spiro atoms. The Morgan fingerprint density at radius 1 is 1.48 bits per heavy atom. The van der Waals surface area contributed by atoms with Crippen LogP contribution in [0, 0.1) is 0 Å². The third-order valence-corrected chi connectivity index (χ3v) is 3.67. The molecule has 1 aromatic carbocycles. The molecule has 0 radical (unpaired) electrons. The third kappa shape index (κ3) is 4.12. The summed E-state index contributed by atoms with van der Waals surface area (Å²) in [6.45, 7) is 3.87. The molecule has 1 aromatic heterocycles. The molecule has 0 bridgehead atoms. The van der Waals surface area contributed by atoms with E-state index in [-0.39, 0.29) is 30.0 Å². The predicted molar refractivity (Wildman–Crippen MR) is 98.9 cm³/mol. The first-order valence-electron chi connectivity index (χ1n) is 7.42. The van der Waals surface area contributed by atoms with Crippen LogP contribution >= 0.6 is 24.0 Å². The van der Waals surface area contributed by atoms with Crippen molar-refractivity contribution in [2.45, 2.75) is 32.5 Å². The summed E-state index contributed by atoms with van der Waals surface area (Å²) >= 11 is 0. The van der Waals surface area contributed by atoms with Gasteiger partial charge in [-0.05, 0) is 13.0 Å². The molecule has 0 saturated heterocycles. The van der Waals surface area contributed by atoms with Crippen LogP contribution in [-0.4, -0.2) is 27.3 Å². The Kier molecular flexibility index (Phi) is 6.20. The van der Waals surface area contributed by atoms with Gasteiger partial charge in [0.25, 0.3) is 0 Å². The van der Waals surface area contributed by atoms with Crippen molar-refractivity contribution in [2.75, 3.05) is 6.61 Å². The number of nitrogens with two attached hydrogens (primary N) is 1. The van der Waals surface area contributed by atoms with Crippen LogP contribution in [0.2, 0.25) is 0 Å². The smallest absolute Gasteiger partial charge is 0.189 e. The summed E-state index contributed by atoms with van der Waals surface area (Å²) in [4.78, 5) is 8.54. The number of halogens is 1. The molecule has 0 amide bonds. The van der Waals surface area contributed by atoms with E-state index in [9.17, 15) is 0 Å². The minimum Gasteiger partial charge on any atom is -0.493 e. The highest BCUT2D eigenvalue weighted by atomic mass is 127. The molecule has 3 rings (SSSR count). The number of nitrogens with one attached hydrogen (secondary N) is 1. The number of hydrogen-bond acceptors (Lipinski definition) is 4. The fraction of sp³-hybridized carbons (Fsp3) is 0.400. The van der Waals surface area contributed by atoms with Crippen molar-refractivity contribution in [3.63, 3.8) is 0 Å². The summed E-state index contributed by atoms with van der Waals surface area (Å²) < 4.78 is 7.45. The highest BCUT2D eigenvalue weighted by molar-refractivity contribution is 14.0. The Morgan fingerprint density at radius 2 is 2.30 bits per heavy atom. The maximum Gasteiger partial charge on any atom is 0.189 e. The van der Waals surface area contributed by atoms with Crippen molar-refractivity contribution in [2.24, 2.45) is 10.7 Å². The van der Waals surface area contributed by atoms with Gasteiger partial charge in [-0.25, -0.2) is 14.7 Å². The summed E-state index contributed by atoms with van der Waals surface area (Å²) in [5, 5.41) is 7.38. The predicted octanol–water partition coefficient (Wildman–Crippen LogP) is 1.84. The highest BCUT2D eigenvalue weighted by Gasteiger charge is 2.21. The van der Waals surface area contributed by atoms with Crippen molar-refractivity contribution in [3.05, 3.63) is 42.0 Å². The van der Waals surface area contributed by atoms with Crippen LogP contribution < -0.4 is 15.8 Å². The molecule has 7 nitrogen and oxygen atoms in total. The summed E-state index contributed by atoms with van der Waals surface area (Å²) in [7, 11) is 0. The highest BCUT2D eigenvalue weighted by Crippen LogP contribution is 2.31. The van der Waals surface area contributed by atoms with Gasteiger partial charge < -0.3 is 15.8 Å². The van der Waals surface area contributed by atoms with Gasteiger partial charge in [-0.2, -0.15) is 5.10 Å². The van der Waals surface area contributed by atoms with Gasteiger partial charge in [0.1, 0.15) is 24.4 Å². The van der Waals surface area contributed by atoms with Gasteiger partial charge in [-0.1, -0.05) is 18.2 Å². The summed E-state index contributed by atoms with van der Waals surface area (Å²) in [5.74, 6) is 2.12. The number of aryl methyl sites for hydroxylation is 1. The van der Waals surface area contributed by atoms with Gasteiger partial charge in [0.2, 0.25) is 0 Å². The molecule has 3 N–H and O–H groups in total. The number of ether oxygens (including phenoxy) is 1. The van der Waals surface area contributed by atoms with Crippen molar-refractivity contribution in [1.82, 2.24) is 20.1 Å². The molecule has 0 aliphatic carbocycles. The van der Waals surface area contributed by atoms with Crippen molar-refractivity contribution in [3.8, 4) is 5.75 Å². The van der Waals surface area contributed by atoms with Gasteiger partial charge in [0.05, 0.1) is 12.6 Å².